The van der Waals surface area contributed by atoms with Crippen LogP contribution in [0.5, 0.6) is 5.75 Å². The number of hydrogen-bond acceptors (Lipinski definition) is 3. The molecule has 0 spiro atoms. The van der Waals surface area contributed by atoms with Gasteiger partial charge in [-0.2, -0.15) is 0 Å². The molecule has 23 heavy (non-hydrogen) atoms. The summed E-state index contributed by atoms with van der Waals surface area (Å²) < 4.78 is 6.36. The zero-order chi connectivity index (χ0) is 16.7. The molecule has 0 saturated carbocycles. The van der Waals surface area contributed by atoms with E-state index in [1.807, 2.05) is 49.4 Å². The zero-order valence-electron chi connectivity index (χ0n) is 13.4. The van der Waals surface area contributed by atoms with Gasteiger partial charge < -0.3 is 15.4 Å². The van der Waals surface area contributed by atoms with Crippen LogP contribution >= 0.6 is 15.9 Å². The molecule has 0 unspecified atom stereocenters. The Morgan fingerprint density at radius 1 is 1.22 bits per heavy atom. The van der Waals surface area contributed by atoms with Crippen molar-refractivity contribution in [3.63, 3.8) is 0 Å². The Morgan fingerprint density at radius 2 is 2.00 bits per heavy atom. The maximum Gasteiger partial charge on any atom is 0.239 e. The van der Waals surface area contributed by atoms with Crippen LogP contribution in [0, 0.1) is 6.92 Å². The topological polar surface area (TPSA) is 50.4 Å². The number of nitrogens with one attached hydrogen (secondary N) is 2. The molecule has 0 aliphatic carbocycles. The Bertz CT molecular complexity index is 674. The van der Waals surface area contributed by atoms with E-state index in [2.05, 4.69) is 26.6 Å². The predicted octanol–water partition coefficient (Wildman–Crippen LogP) is 3.54. The minimum atomic E-state index is -0.0273. The first-order valence-electron chi connectivity index (χ1n) is 7.49. The van der Waals surface area contributed by atoms with Gasteiger partial charge in [0.2, 0.25) is 5.91 Å². The van der Waals surface area contributed by atoms with Crippen molar-refractivity contribution >= 4 is 27.5 Å². The molecule has 2 aromatic rings. The molecule has 0 fully saturated rings. The number of anilines is 1. The third kappa shape index (κ3) is 5.28. The standard InChI is InChI=1S/C18H21BrN2O2/c1-13-11-15(7-8-16(13)19)21-12-18(22)20-10-9-14-5-3-4-6-17(14)23-2/h3-8,11,21H,9-10,12H2,1-2H3,(H,20,22). The number of ether oxygens (including phenoxy) is 1. The van der Waals surface area contributed by atoms with Crippen LogP contribution in [-0.4, -0.2) is 26.1 Å². The molecule has 1 amide bonds. The second-order valence-corrected chi connectivity index (χ2v) is 6.08. The third-order valence-electron chi connectivity index (χ3n) is 3.52. The number of methoxy groups -OCH3 is 1. The van der Waals surface area contributed by atoms with Gasteiger partial charge in [0, 0.05) is 16.7 Å². The number of hydrogen-bond donors (Lipinski definition) is 2. The quantitative estimate of drug-likeness (QED) is 0.776. The first-order valence-corrected chi connectivity index (χ1v) is 8.28. The summed E-state index contributed by atoms with van der Waals surface area (Å²) in [4.78, 5) is 11.9. The van der Waals surface area contributed by atoms with E-state index in [-0.39, 0.29) is 12.5 Å². The molecule has 0 heterocycles. The largest absolute Gasteiger partial charge is 0.496 e. The van der Waals surface area contributed by atoms with Gasteiger partial charge in [0.25, 0.3) is 0 Å². The minimum absolute atomic E-state index is 0.0273. The lowest BCUT2D eigenvalue weighted by Crippen LogP contribution is -2.31. The fourth-order valence-corrected chi connectivity index (χ4v) is 2.49. The highest BCUT2D eigenvalue weighted by Crippen LogP contribution is 2.20. The molecule has 2 aromatic carbocycles. The molecule has 0 atom stereocenters. The number of amides is 1. The van der Waals surface area contributed by atoms with Gasteiger partial charge >= 0.3 is 0 Å². The lowest BCUT2D eigenvalue weighted by Gasteiger charge is -2.10. The third-order valence-corrected chi connectivity index (χ3v) is 4.41. The van der Waals surface area contributed by atoms with Crippen LogP contribution in [0.25, 0.3) is 0 Å². The van der Waals surface area contributed by atoms with Crippen molar-refractivity contribution in [3.05, 3.63) is 58.1 Å². The summed E-state index contributed by atoms with van der Waals surface area (Å²) in [5.41, 5.74) is 3.16. The summed E-state index contributed by atoms with van der Waals surface area (Å²) in [6.45, 7) is 2.86. The molecule has 0 aliphatic rings. The summed E-state index contributed by atoms with van der Waals surface area (Å²) >= 11 is 3.46. The summed E-state index contributed by atoms with van der Waals surface area (Å²) in [6.07, 6.45) is 0.743. The highest BCUT2D eigenvalue weighted by Gasteiger charge is 2.04. The number of halogens is 1. The smallest absolute Gasteiger partial charge is 0.239 e. The SMILES string of the molecule is COc1ccccc1CCNC(=O)CNc1ccc(Br)c(C)c1. The van der Waals surface area contributed by atoms with Gasteiger partial charge in [-0.3, -0.25) is 4.79 Å². The Labute approximate surface area is 145 Å². The molecule has 2 rings (SSSR count). The van der Waals surface area contributed by atoms with E-state index in [1.54, 1.807) is 7.11 Å². The second-order valence-electron chi connectivity index (χ2n) is 5.23. The van der Waals surface area contributed by atoms with Crippen LogP contribution in [0.4, 0.5) is 5.69 Å². The van der Waals surface area contributed by atoms with Crippen molar-refractivity contribution < 1.29 is 9.53 Å². The van der Waals surface area contributed by atoms with Gasteiger partial charge in [-0.05, 0) is 48.7 Å². The van der Waals surface area contributed by atoms with Gasteiger partial charge in [-0.1, -0.05) is 34.1 Å². The fraction of sp³-hybridized carbons (Fsp3) is 0.278. The van der Waals surface area contributed by atoms with Crippen molar-refractivity contribution in [2.45, 2.75) is 13.3 Å². The van der Waals surface area contributed by atoms with Gasteiger partial charge in [-0.15, -0.1) is 0 Å². The van der Waals surface area contributed by atoms with Crippen molar-refractivity contribution in [2.75, 3.05) is 25.5 Å². The van der Waals surface area contributed by atoms with Gasteiger partial charge in [-0.25, -0.2) is 0 Å². The van der Waals surface area contributed by atoms with Crippen LogP contribution in [-0.2, 0) is 11.2 Å². The summed E-state index contributed by atoms with van der Waals surface area (Å²) in [5.74, 6) is 0.825. The van der Waals surface area contributed by atoms with Crippen molar-refractivity contribution in [3.8, 4) is 5.75 Å². The van der Waals surface area contributed by atoms with E-state index >= 15 is 0 Å². The molecule has 0 bridgehead atoms. The van der Waals surface area contributed by atoms with Crippen LogP contribution in [0.3, 0.4) is 0 Å². The molecule has 0 aromatic heterocycles. The molecule has 0 radical (unpaired) electrons. The van der Waals surface area contributed by atoms with Gasteiger partial charge in [0.05, 0.1) is 13.7 Å². The number of rotatable bonds is 7. The lowest BCUT2D eigenvalue weighted by molar-refractivity contribution is -0.119. The first-order chi connectivity index (χ1) is 11.1. The van der Waals surface area contributed by atoms with Crippen LogP contribution in [0.15, 0.2) is 46.9 Å². The fourth-order valence-electron chi connectivity index (χ4n) is 2.25. The summed E-state index contributed by atoms with van der Waals surface area (Å²) in [5, 5.41) is 6.04. The van der Waals surface area contributed by atoms with Crippen LogP contribution < -0.4 is 15.4 Å². The van der Waals surface area contributed by atoms with Crippen molar-refractivity contribution in [1.82, 2.24) is 5.32 Å². The number of benzene rings is 2. The molecule has 0 aliphatic heterocycles. The van der Waals surface area contributed by atoms with Crippen LogP contribution in [0.1, 0.15) is 11.1 Å². The van der Waals surface area contributed by atoms with Crippen LogP contribution in [0.2, 0.25) is 0 Å². The molecular formula is C18H21BrN2O2. The monoisotopic (exact) mass is 376 g/mol. The number of carbonyl (C=O) groups excluding carboxylic acids is 1. The second kappa shape index (κ2) is 8.58. The van der Waals surface area contributed by atoms with E-state index in [0.717, 1.165) is 33.5 Å². The van der Waals surface area contributed by atoms with E-state index in [0.29, 0.717) is 6.54 Å². The summed E-state index contributed by atoms with van der Waals surface area (Å²) in [7, 11) is 1.65. The number of para-hydroxylation sites is 1. The maximum atomic E-state index is 11.9. The van der Waals surface area contributed by atoms with Crippen molar-refractivity contribution in [1.29, 1.82) is 0 Å². The average molecular weight is 377 g/mol. The molecule has 5 heteroatoms. The predicted molar refractivity (Wildman–Crippen MR) is 97.1 cm³/mol. The van der Waals surface area contributed by atoms with E-state index in [4.69, 9.17) is 4.74 Å². The molecule has 2 N–H and O–H groups in total. The Kier molecular flexibility index (Phi) is 6.47. The normalized spacial score (nSPS) is 10.2. The van der Waals surface area contributed by atoms with Crippen molar-refractivity contribution in [2.24, 2.45) is 0 Å². The molecule has 4 nitrogen and oxygen atoms in total. The number of carbonyl (C=O) groups is 1. The molecular weight excluding hydrogens is 356 g/mol. The summed E-state index contributed by atoms with van der Waals surface area (Å²) in [6, 6.07) is 13.8. The Morgan fingerprint density at radius 3 is 2.74 bits per heavy atom. The Balaban J connectivity index is 1.76. The molecule has 0 saturated heterocycles. The lowest BCUT2D eigenvalue weighted by atomic mass is 10.1. The van der Waals surface area contributed by atoms with E-state index in [9.17, 15) is 4.79 Å². The number of aryl methyl sites for hydroxylation is 1. The Hall–Kier alpha value is -2.01. The maximum absolute atomic E-state index is 11.9. The van der Waals surface area contributed by atoms with E-state index < -0.39 is 0 Å². The molecule has 122 valence electrons. The van der Waals surface area contributed by atoms with Gasteiger partial charge in [0.15, 0.2) is 0 Å². The average Bonchev–Trinajstić information content (AvgIpc) is 2.56. The van der Waals surface area contributed by atoms with E-state index in [1.165, 1.54) is 0 Å². The van der Waals surface area contributed by atoms with Gasteiger partial charge in [0.1, 0.15) is 5.75 Å². The highest BCUT2D eigenvalue weighted by molar-refractivity contribution is 9.10. The zero-order valence-corrected chi connectivity index (χ0v) is 14.9. The minimum Gasteiger partial charge on any atom is -0.496 e. The highest BCUT2D eigenvalue weighted by atomic mass is 79.9. The first kappa shape index (κ1) is 17.3.